The number of rotatable bonds is 4. The van der Waals surface area contributed by atoms with Gasteiger partial charge in [0.15, 0.2) is 4.80 Å². The van der Waals surface area contributed by atoms with Gasteiger partial charge in [0, 0.05) is 24.2 Å². The lowest BCUT2D eigenvalue weighted by Gasteiger charge is -2.10. The summed E-state index contributed by atoms with van der Waals surface area (Å²) in [6, 6.07) is 4.66. The van der Waals surface area contributed by atoms with E-state index in [1.165, 1.54) is 23.5 Å². The molecule has 2 aromatic rings. The van der Waals surface area contributed by atoms with Crippen molar-refractivity contribution < 1.29 is 22.7 Å². The Hall–Kier alpha value is -1.93. The molecule has 1 amide bonds. The molecule has 0 radical (unpaired) electrons. The van der Waals surface area contributed by atoms with Crippen LogP contribution in [0.3, 0.4) is 0 Å². The average molecular weight is 358 g/mol. The van der Waals surface area contributed by atoms with Gasteiger partial charge in [-0.15, -0.1) is 11.3 Å². The number of aryl methyl sites for hydroxylation is 1. The molecule has 0 spiro atoms. The Balaban J connectivity index is 2.50. The molecule has 0 aliphatic carbocycles. The van der Waals surface area contributed by atoms with Crippen LogP contribution in [0, 0.1) is 13.8 Å². The fraction of sp³-hybridized carbons (Fsp3) is 0.375. The van der Waals surface area contributed by atoms with Crippen LogP contribution >= 0.6 is 11.3 Å². The number of hydrogen-bond acceptors (Lipinski definition) is 3. The van der Waals surface area contributed by atoms with Crippen LogP contribution in [0.2, 0.25) is 0 Å². The second-order valence-electron chi connectivity index (χ2n) is 5.13. The van der Waals surface area contributed by atoms with Crippen molar-refractivity contribution >= 4 is 17.2 Å². The first kappa shape index (κ1) is 18.4. The number of hydrogen-bond donors (Lipinski definition) is 0. The van der Waals surface area contributed by atoms with Gasteiger partial charge in [-0.1, -0.05) is 12.1 Å². The lowest BCUT2D eigenvalue weighted by atomic mass is 10.1. The maximum absolute atomic E-state index is 13.0. The number of thiazole rings is 1. The molecule has 4 nitrogen and oxygen atoms in total. The van der Waals surface area contributed by atoms with E-state index in [-0.39, 0.29) is 0 Å². The third-order valence-electron chi connectivity index (χ3n) is 3.57. The molecular weight excluding hydrogens is 341 g/mol. The third kappa shape index (κ3) is 3.93. The number of carbonyl (C=O) groups is 1. The van der Waals surface area contributed by atoms with Gasteiger partial charge < -0.3 is 9.30 Å². The summed E-state index contributed by atoms with van der Waals surface area (Å²) in [7, 11) is 1.55. The van der Waals surface area contributed by atoms with Crippen LogP contribution < -0.4 is 4.80 Å². The predicted octanol–water partition coefficient (Wildman–Crippen LogP) is 3.57. The number of benzene rings is 1. The molecule has 0 fully saturated rings. The predicted molar refractivity (Wildman–Crippen MR) is 85.0 cm³/mol. The normalized spacial score (nSPS) is 12.7. The van der Waals surface area contributed by atoms with E-state index in [9.17, 15) is 18.0 Å². The SMILES string of the molecule is COCCn1c(C)c(C)sc1=NC(=O)c1ccccc1C(F)(F)F. The molecule has 0 saturated heterocycles. The van der Waals surface area contributed by atoms with Crippen LogP contribution in [0.25, 0.3) is 0 Å². The summed E-state index contributed by atoms with van der Waals surface area (Å²) >= 11 is 1.27. The summed E-state index contributed by atoms with van der Waals surface area (Å²) in [6.07, 6.45) is -4.60. The number of halogens is 3. The van der Waals surface area contributed by atoms with Crippen molar-refractivity contribution in [2.24, 2.45) is 4.99 Å². The third-order valence-corrected chi connectivity index (χ3v) is 4.66. The Bertz CT molecular complexity index is 806. The summed E-state index contributed by atoms with van der Waals surface area (Å²) in [5.74, 6) is -0.907. The lowest BCUT2D eigenvalue weighted by molar-refractivity contribution is -0.137. The highest BCUT2D eigenvalue weighted by molar-refractivity contribution is 7.09. The molecule has 2 rings (SSSR count). The number of amides is 1. The highest BCUT2D eigenvalue weighted by Gasteiger charge is 2.34. The van der Waals surface area contributed by atoms with Gasteiger partial charge >= 0.3 is 6.18 Å². The molecule has 1 heterocycles. The highest BCUT2D eigenvalue weighted by atomic mass is 32.1. The maximum Gasteiger partial charge on any atom is 0.417 e. The highest BCUT2D eigenvalue weighted by Crippen LogP contribution is 2.32. The molecule has 0 aliphatic rings. The standard InChI is InChI=1S/C16H17F3N2O2S/c1-10-11(2)24-15(21(10)8-9-23-3)20-14(22)12-6-4-5-7-13(12)16(17,18)19/h4-7H,8-9H2,1-3H3. The van der Waals surface area contributed by atoms with Gasteiger partial charge in [-0.2, -0.15) is 18.2 Å². The summed E-state index contributed by atoms with van der Waals surface area (Å²) in [6.45, 7) is 4.63. The topological polar surface area (TPSA) is 43.6 Å². The van der Waals surface area contributed by atoms with Crippen molar-refractivity contribution in [1.82, 2.24) is 4.57 Å². The fourth-order valence-electron chi connectivity index (χ4n) is 2.19. The van der Waals surface area contributed by atoms with Crippen molar-refractivity contribution in [2.75, 3.05) is 13.7 Å². The molecular formula is C16H17F3N2O2S. The largest absolute Gasteiger partial charge is 0.417 e. The van der Waals surface area contributed by atoms with Crippen LogP contribution in [-0.2, 0) is 17.5 Å². The number of alkyl halides is 3. The molecule has 0 aliphatic heterocycles. The first-order valence-electron chi connectivity index (χ1n) is 7.16. The van der Waals surface area contributed by atoms with E-state index in [0.29, 0.717) is 18.0 Å². The second kappa shape index (κ2) is 7.31. The Morgan fingerprint density at radius 2 is 1.96 bits per heavy atom. The van der Waals surface area contributed by atoms with Gasteiger partial charge in [0.25, 0.3) is 5.91 Å². The minimum absolute atomic E-state index is 0.365. The van der Waals surface area contributed by atoms with Crippen molar-refractivity contribution in [3.63, 3.8) is 0 Å². The summed E-state index contributed by atoms with van der Waals surface area (Å²) in [4.78, 5) is 17.6. The first-order chi connectivity index (χ1) is 11.3. The van der Waals surface area contributed by atoms with Gasteiger partial charge in [-0.25, -0.2) is 0 Å². The van der Waals surface area contributed by atoms with E-state index in [1.54, 1.807) is 11.7 Å². The van der Waals surface area contributed by atoms with E-state index >= 15 is 0 Å². The molecule has 0 atom stereocenters. The number of nitrogens with zero attached hydrogens (tertiary/aromatic N) is 2. The van der Waals surface area contributed by atoms with Crippen molar-refractivity contribution in [1.29, 1.82) is 0 Å². The van der Waals surface area contributed by atoms with E-state index in [2.05, 4.69) is 4.99 Å². The van der Waals surface area contributed by atoms with Crippen molar-refractivity contribution in [3.05, 3.63) is 50.8 Å². The van der Waals surface area contributed by atoms with Crippen molar-refractivity contribution in [3.8, 4) is 0 Å². The monoisotopic (exact) mass is 358 g/mol. The Morgan fingerprint density at radius 1 is 1.29 bits per heavy atom. The van der Waals surface area contributed by atoms with Crippen LogP contribution in [0.1, 0.15) is 26.5 Å². The minimum atomic E-state index is -4.60. The fourth-order valence-corrected chi connectivity index (χ4v) is 3.19. The van der Waals surface area contributed by atoms with E-state index in [0.717, 1.165) is 22.7 Å². The molecule has 0 saturated carbocycles. The number of methoxy groups -OCH3 is 1. The van der Waals surface area contributed by atoms with Crippen LogP contribution in [-0.4, -0.2) is 24.2 Å². The summed E-state index contributed by atoms with van der Waals surface area (Å²) in [5, 5.41) is 0. The number of aromatic nitrogens is 1. The number of carbonyl (C=O) groups excluding carboxylic acids is 1. The van der Waals surface area contributed by atoms with E-state index < -0.39 is 23.2 Å². The van der Waals surface area contributed by atoms with Gasteiger partial charge in [0.2, 0.25) is 0 Å². The second-order valence-corrected chi connectivity index (χ2v) is 6.31. The van der Waals surface area contributed by atoms with Crippen LogP contribution in [0.5, 0.6) is 0 Å². The zero-order valence-corrected chi connectivity index (χ0v) is 14.3. The molecule has 24 heavy (non-hydrogen) atoms. The van der Waals surface area contributed by atoms with Crippen LogP contribution in [0.4, 0.5) is 13.2 Å². The van der Waals surface area contributed by atoms with E-state index in [4.69, 9.17) is 4.74 Å². The molecule has 0 bridgehead atoms. The summed E-state index contributed by atoms with van der Waals surface area (Å²) in [5.41, 5.74) is -0.521. The van der Waals surface area contributed by atoms with Crippen molar-refractivity contribution in [2.45, 2.75) is 26.6 Å². The molecule has 0 N–H and O–H groups in total. The van der Waals surface area contributed by atoms with Gasteiger partial charge in [0.1, 0.15) is 0 Å². The molecule has 1 aromatic heterocycles. The Labute approximate surface area is 141 Å². The Morgan fingerprint density at radius 3 is 2.58 bits per heavy atom. The molecule has 8 heteroatoms. The maximum atomic E-state index is 13.0. The van der Waals surface area contributed by atoms with Crippen LogP contribution in [0.15, 0.2) is 29.3 Å². The van der Waals surface area contributed by atoms with Gasteiger partial charge in [-0.3, -0.25) is 4.79 Å². The quantitative estimate of drug-likeness (QED) is 0.839. The van der Waals surface area contributed by atoms with Gasteiger partial charge in [-0.05, 0) is 26.0 Å². The zero-order chi connectivity index (χ0) is 17.9. The number of ether oxygens (including phenoxy) is 1. The lowest BCUT2D eigenvalue weighted by Crippen LogP contribution is -2.21. The molecule has 130 valence electrons. The molecule has 1 aromatic carbocycles. The van der Waals surface area contributed by atoms with E-state index in [1.807, 2.05) is 13.8 Å². The summed E-state index contributed by atoms with van der Waals surface area (Å²) < 4.78 is 45.9. The first-order valence-corrected chi connectivity index (χ1v) is 7.98. The minimum Gasteiger partial charge on any atom is -0.383 e. The Kier molecular flexibility index (Phi) is 5.61. The average Bonchev–Trinajstić information content (AvgIpc) is 2.78. The molecule has 0 unspecified atom stereocenters. The zero-order valence-electron chi connectivity index (χ0n) is 13.5. The smallest absolute Gasteiger partial charge is 0.383 e. The van der Waals surface area contributed by atoms with Gasteiger partial charge in [0.05, 0.1) is 17.7 Å².